The highest BCUT2D eigenvalue weighted by Gasteiger charge is 2.38. The van der Waals surface area contributed by atoms with Crippen LogP contribution in [0.25, 0.3) is 0 Å². The van der Waals surface area contributed by atoms with Gasteiger partial charge >= 0.3 is 6.09 Å². The predicted molar refractivity (Wildman–Crippen MR) is 128 cm³/mol. The maximum atomic E-state index is 15.2. The van der Waals surface area contributed by atoms with Crippen molar-refractivity contribution in [2.75, 3.05) is 26.7 Å². The van der Waals surface area contributed by atoms with E-state index < -0.39 is 17.7 Å². The van der Waals surface area contributed by atoms with Gasteiger partial charge in [0.1, 0.15) is 17.5 Å². The van der Waals surface area contributed by atoms with Gasteiger partial charge in [-0.25, -0.2) is 9.18 Å². The molecule has 186 valence electrons. The summed E-state index contributed by atoms with van der Waals surface area (Å²) in [5.74, 6) is -0.490. The normalized spacial score (nSPS) is 23.2. The standard InChI is InChI=1S/C26H30FN3O5/c1-16-21(17-7-4-3-5-8-17)19-13-18(14-20(22(19)35-16)24(32)28-2)23(31)29-11-10-26(27)9-6-12-30(15-26)25(33)34/h3-5,7-8,13-14,16,21H,6,9-12,15H2,1-2H3,(H,28,32)(H,29,31)(H,33,34)/t16-,21+,26?/m1/s1. The summed E-state index contributed by atoms with van der Waals surface area (Å²) < 4.78 is 21.3. The number of carbonyl (C=O) groups is 3. The number of benzene rings is 2. The van der Waals surface area contributed by atoms with Crippen LogP contribution in [0, 0.1) is 0 Å². The first-order valence-corrected chi connectivity index (χ1v) is 11.8. The quantitative estimate of drug-likeness (QED) is 0.582. The minimum Gasteiger partial charge on any atom is -0.489 e. The number of amides is 3. The monoisotopic (exact) mass is 483 g/mol. The zero-order valence-corrected chi connectivity index (χ0v) is 19.8. The molecular weight excluding hydrogens is 453 g/mol. The Labute approximate surface area is 203 Å². The Kier molecular flexibility index (Phi) is 6.95. The van der Waals surface area contributed by atoms with Crippen LogP contribution in [-0.2, 0) is 0 Å². The molecule has 0 spiro atoms. The summed E-state index contributed by atoms with van der Waals surface area (Å²) in [6.45, 7) is 2.08. The van der Waals surface area contributed by atoms with Crippen LogP contribution in [0.4, 0.5) is 9.18 Å². The van der Waals surface area contributed by atoms with Crippen LogP contribution in [0.5, 0.6) is 5.75 Å². The zero-order chi connectivity index (χ0) is 25.2. The van der Waals surface area contributed by atoms with Crippen molar-refractivity contribution in [2.45, 2.75) is 43.9 Å². The fourth-order valence-corrected chi connectivity index (χ4v) is 5.02. The van der Waals surface area contributed by atoms with E-state index in [4.69, 9.17) is 9.84 Å². The van der Waals surface area contributed by atoms with Crippen molar-refractivity contribution in [3.8, 4) is 5.75 Å². The molecule has 0 aliphatic carbocycles. The third-order valence-corrected chi connectivity index (χ3v) is 6.77. The smallest absolute Gasteiger partial charge is 0.407 e. The van der Waals surface area contributed by atoms with Crippen LogP contribution in [0.3, 0.4) is 0 Å². The van der Waals surface area contributed by atoms with Gasteiger partial charge in [0.05, 0.1) is 12.1 Å². The molecule has 4 rings (SSSR count). The van der Waals surface area contributed by atoms with E-state index >= 15 is 4.39 Å². The molecule has 1 unspecified atom stereocenters. The second-order valence-electron chi connectivity index (χ2n) is 9.20. The average molecular weight is 484 g/mol. The summed E-state index contributed by atoms with van der Waals surface area (Å²) in [5.41, 5.74) is 0.633. The van der Waals surface area contributed by atoms with Crippen molar-refractivity contribution in [1.29, 1.82) is 0 Å². The third-order valence-electron chi connectivity index (χ3n) is 6.77. The lowest BCUT2D eigenvalue weighted by molar-refractivity contribution is 0.0391. The lowest BCUT2D eigenvalue weighted by Gasteiger charge is -2.35. The van der Waals surface area contributed by atoms with E-state index in [0.717, 1.165) is 16.0 Å². The van der Waals surface area contributed by atoms with Crippen LogP contribution in [-0.4, -0.2) is 66.4 Å². The molecule has 0 radical (unpaired) electrons. The molecule has 8 nitrogen and oxygen atoms in total. The van der Waals surface area contributed by atoms with Crippen LogP contribution in [0.2, 0.25) is 0 Å². The minimum absolute atomic E-state index is 0.00253. The van der Waals surface area contributed by atoms with Gasteiger partial charge in [-0.1, -0.05) is 30.3 Å². The van der Waals surface area contributed by atoms with Crippen molar-refractivity contribution in [3.05, 3.63) is 64.7 Å². The molecule has 0 saturated carbocycles. The Hall–Kier alpha value is -3.62. The highest BCUT2D eigenvalue weighted by Crippen LogP contribution is 2.44. The Morgan fingerprint density at radius 1 is 1.20 bits per heavy atom. The average Bonchev–Trinajstić information content (AvgIpc) is 3.18. The maximum absolute atomic E-state index is 15.2. The molecule has 1 fully saturated rings. The van der Waals surface area contributed by atoms with Gasteiger partial charge in [-0.3, -0.25) is 9.59 Å². The number of carbonyl (C=O) groups excluding carboxylic acids is 2. The minimum atomic E-state index is -1.68. The summed E-state index contributed by atoms with van der Waals surface area (Å²) in [7, 11) is 1.51. The van der Waals surface area contributed by atoms with Gasteiger partial charge in [0.2, 0.25) is 0 Å². The van der Waals surface area contributed by atoms with Gasteiger partial charge in [0.15, 0.2) is 0 Å². The van der Waals surface area contributed by atoms with Gasteiger partial charge in [0.25, 0.3) is 11.8 Å². The molecule has 35 heavy (non-hydrogen) atoms. The molecule has 2 aromatic carbocycles. The first-order valence-electron chi connectivity index (χ1n) is 11.8. The van der Waals surface area contributed by atoms with Gasteiger partial charge in [0, 0.05) is 43.6 Å². The lowest BCUT2D eigenvalue weighted by atomic mass is 9.87. The van der Waals surface area contributed by atoms with E-state index in [-0.39, 0.29) is 55.0 Å². The number of halogens is 1. The molecule has 2 aliphatic rings. The van der Waals surface area contributed by atoms with Crippen molar-refractivity contribution in [3.63, 3.8) is 0 Å². The van der Waals surface area contributed by atoms with E-state index in [9.17, 15) is 14.4 Å². The van der Waals surface area contributed by atoms with E-state index in [0.29, 0.717) is 18.7 Å². The second kappa shape index (κ2) is 9.93. The number of rotatable bonds is 6. The fourth-order valence-electron chi connectivity index (χ4n) is 5.02. The Bertz CT molecular complexity index is 1130. The summed E-state index contributed by atoms with van der Waals surface area (Å²) in [4.78, 5) is 37.9. The number of alkyl halides is 1. The van der Waals surface area contributed by atoms with Crippen LogP contribution < -0.4 is 15.4 Å². The number of fused-ring (bicyclic) bond motifs is 1. The highest BCUT2D eigenvalue weighted by molar-refractivity contribution is 6.02. The van der Waals surface area contributed by atoms with Gasteiger partial charge in [-0.15, -0.1) is 0 Å². The third kappa shape index (κ3) is 5.08. The molecule has 0 bridgehead atoms. The van der Waals surface area contributed by atoms with Gasteiger partial charge in [-0.05, 0) is 37.5 Å². The number of nitrogens with zero attached hydrogens (tertiary/aromatic N) is 1. The molecule has 3 amide bonds. The van der Waals surface area contributed by atoms with Crippen molar-refractivity contribution in [1.82, 2.24) is 15.5 Å². The molecule has 3 N–H and O–H groups in total. The number of nitrogens with one attached hydrogen (secondary N) is 2. The van der Waals surface area contributed by atoms with E-state index in [1.165, 1.54) is 13.1 Å². The number of piperidine rings is 1. The second-order valence-corrected chi connectivity index (χ2v) is 9.20. The Morgan fingerprint density at radius 2 is 1.94 bits per heavy atom. The molecule has 9 heteroatoms. The topological polar surface area (TPSA) is 108 Å². The van der Waals surface area contributed by atoms with Crippen molar-refractivity contribution < 1.29 is 28.6 Å². The summed E-state index contributed by atoms with van der Waals surface area (Å²) in [6, 6.07) is 13.0. The van der Waals surface area contributed by atoms with E-state index in [1.807, 2.05) is 37.3 Å². The van der Waals surface area contributed by atoms with Crippen LogP contribution in [0.1, 0.15) is 63.9 Å². The fraction of sp³-hybridized carbons (Fsp3) is 0.423. The summed E-state index contributed by atoms with van der Waals surface area (Å²) >= 11 is 0. The molecule has 0 aromatic heterocycles. The molecule has 2 heterocycles. The van der Waals surface area contributed by atoms with E-state index in [2.05, 4.69) is 10.6 Å². The predicted octanol–water partition coefficient (Wildman–Crippen LogP) is 3.56. The molecule has 2 aliphatic heterocycles. The van der Waals surface area contributed by atoms with E-state index in [1.54, 1.807) is 6.07 Å². The molecule has 2 aromatic rings. The maximum Gasteiger partial charge on any atom is 0.407 e. The first kappa shape index (κ1) is 24.5. The number of carboxylic acid groups (broad SMARTS) is 1. The number of hydrogen-bond acceptors (Lipinski definition) is 4. The largest absolute Gasteiger partial charge is 0.489 e. The van der Waals surface area contributed by atoms with Crippen LogP contribution >= 0.6 is 0 Å². The summed E-state index contributed by atoms with van der Waals surface area (Å²) in [6.07, 6.45) is -0.678. The first-order chi connectivity index (χ1) is 16.7. The summed E-state index contributed by atoms with van der Waals surface area (Å²) in [5, 5.41) is 14.5. The number of hydrogen-bond donors (Lipinski definition) is 3. The lowest BCUT2D eigenvalue weighted by Crippen LogP contribution is -2.48. The Morgan fingerprint density at radius 3 is 2.63 bits per heavy atom. The molecule has 1 saturated heterocycles. The Balaban J connectivity index is 1.55. The number of ether oxygens (including phenoxy) is 1. The van der Waals surface area contributed by atoms with Crippen molar-refractivity contribution >= 4 is 17.9 Å². The SMILES string of the molecule is CNC(=O)c1cc(C(=O)NCCC2(F)CCCN(C(=O)O)C2)cc2c1O[C@H](C)[C@H]2c1ccccc1. The van der Waals surface area contributed by atoms with Crippen molar-refractivity contribution in [2.24, 2.45) is 0 Å². The van der Waals surface area contributed by atoms with Crippen LogP contribution in [0.15, 0.2) is 42.5 Å². The zero-order valence-electron chi connectivity index (χ0n) is 19.8. The molecular formula is C26H30FN3O5. The van der Waals surface area contributed by atoms with Gasteiger partial charge < -0.3 is 25.4 Å². The highest BCUT2D eigenvalue weighted by atomic mass is 19.1. The number of likely N-dealkylation sites (tertiary alicyclic amines) is 1. The molecule has 3 atom stereocenters. The van der Waals surface area contributed by atoms with Gasteiger partial charge in [-0.2, -0.15) is 0 Å².